The smallest absolute Gasteiger partial charge is 0.548 e. The van der Waals surface area contributed by atoms with Crippen molar-refractivity contribution in [1.82, 2.24) is 5.32 Å². The van der Waals surface area contributed by atoms with E-state index in [1.54, 1.807) is 0 Å². The maximum Gasteiger partial charge on any atom is 1.00 e. The average molecular weight is 488 g/mol. The van der Waals surface area contributed by atoms with Gasteiger partial charge < -0.3 is 30.5 Å². The number of amides is 1. The largest absolute Gasteiger partial charge is 1.00 e. The monoisotopic (exact) mass is 487 g/mol. The molecular weight excluding hydrogens is 445 g/mol. The van der Waals surface area contributed by atoms with Crippen LogP contribution in [0.15, 0.2) is 0 Å². The first-order valence-electron chi connectivity index (χ1n) is 13.0. The van der Waals surface area contributed by atoms with Crippen LogP contribution in [0.5, 0.6) is 0 Å². The third kappa shape index (κ3) is 4.87. The molecule has 4 fully saturated rings. The van der Waals surface area contributed by atoms with E-state index in [1.807, 2.05) is 0 Å². The van der Waals surface area contributed by atoms with Gasteiger partial charge in [0.25, 0.3) is 0 Å². The number of rotatable bonds is 6. The van der Waals surface area contributed by atoms with Crippen LogP contribution >= 0.6 is 0 Å². The number of aliphatic hydroxyl groups excluding tert-OH is 3. The minimum Gasteiger partial charge on any atom is -0.548 e. The molecule has 4 N–H and O–H groups in total. The Morgan fingerprint density at radius 3 is 2.44 bits per heavy atom. The Hall–Kier alpha value is -0.180. The number of fused-ring (bicyclic) bond motifs is 5. The molecule has 4 aliphatic carbocycles. The van der Waals surface area contributed by atoms with Crippen LogP contribution in [0.2, 0.25) is 0 Å². The van der Waals surface area contributed by atoms with E-state index in [2.05, 4.69) is 26.1 Å². The van der Waals surface area contributed by atoms with Gasteiger partial charge in [0.2, 0.25) is 5.91 Å². The molecule has 0 aromatic carbocycles. The van der Waals surface area contributed by atoms with Gasteiger partial charge in [-0.05, 0) is 97.7 Å². The molecule has 0 aromatic heterocycles. The van der Waals surface area contributed by atoms with Crippen molar-refractivity contribution in [3.63, 3.8) is 0 Å². The van der Waals surface area contributed by atoms with Crippen molar-refractivity contribution < 1.29 is 59.6 Å². The number of aliphatic carboxylic acids is 1. The summed E-state index contributed by atoms with van der Waals surface area (Å²) in [5.41, 5.74) is -0.230. The molecule has 4 aliphatic rings. The van der Waals surface area contributed by atoms with Crippen LogP contribution in [0.1, 0.15) is 78.6 Å². The summed E-state index contributed by atoms with van der Waals surface area (Å²) in [5, 5.41) is 46.1. The number of carbonyl (C=O) groups is 2. The summed E-state index contributed by atoms with van der Waals surface area (Å²) in [7, 11) is 0. The molecule has 34 heavy (non-hydrogen) atoms. The zero-order valence-corrected chi connectivity index (χ0v) is 23.3. The van der Waals surface area contributed by atoms with Crippen molar-refractivity contribution in [3.8, 4) is 0 Å². The third-order valence-electron chi connectivity index (χ3n) is 10.8. The zero-order chi connectivity index (χ0) is 24.1. The number of nitrogens with one attached hydrogen (secondary N) is 1. The molecule has 1 amide bonds. The first-order valence-corrected chi connectivity index (χ1v) is 13.0. The average Bonchev–Trinajstić information content (AvgIpc) is 3.11. The van der Waals surface area contributed by atoms with E-state index in [9.17, 15) is 30.0 Å². The number of hydrogen-bond donors (Lipinski definition) is 4. The maximum atomic E-state index is 12.0. The molecule has 11 atom stereocenters. The molecule has 0 heterocycles. The van der Waals surface area contributed by atoms with Crippen LogP contribution in [0.25, 0.3) is 0 Å². The van der Waals surface area contributed by atoms with Crippen LogP contribution in [-0.2, 0) is 9.59 Å². The number of carboxylic acid groups (broad SMARTS) is 1. The number of carboxylic acids is 1. The molecule has 7 nitrogen and oxygen atoms in total. The van der Waals surface area contributed by atoms with E-state index in [4.69, 9.17) is 0 Å². The zero-order valence-electron chi connectivity index (χ0n) is 21.3. The third-order valence-corrected chi connectivity index (χ3v) is 10.8. The fourth-order valence-electron chi connectivity index (χ4n) is 8.95. The van der Waals surface area contributed by atoms with Crippen molar-refractivity contribution in [2.24, 2.45) is 46.3 Å². The SMILES string of the molecule is C[C@H](CCC(=O)NCC(=O)[O-])[C@H]1CC[C@H]2[C@@H]3[C@H](O)C[C@@H]4C[C@H](O)CC[C@]4(C)[C@@H]3C[C@H](O)[C@]12C.[Na+]. The summed E-state index contributed by atoms with van der Waals surface area (Å²) in [6.07, 6.45) is 5.75. The van der Waals surface area contributed by atoms with E-state index >= 15 is 0 Å². The van der Waals surface area contributed by atoms with Gasteiger partial charge in [-0.15, -0.1) is 0 Å². The van der Waals surface area contributed by atoms with Gasteiger partial charge in [-0.3, -0.25) is 4.79 Å². The Kier molecular flexibility index (Phi) is 8.91. The summed E-state index contributed by atoms with van der Waals surface area (Å²) in [4.78, 5) is 22.6. The fraction of sp³-hybridized carbons (Fsp3) is 0.923. The predicted octanol–water partition coefficient (Wildman–Crippen LogP) is -1.77. The second-order valence-electron chi connectivity index (χ2n) is 12.2. The summed E-state index contributed by atoms with van der Waals surface area (Å²) >= 11 is 0. The van der Waals surface area contributed by atoms with Gasteiger partial charge in [0.15, 0.2) is 0 Å². The second kappa shape index (κ2) is 10.7. The van der Waals surface area contributed by atoms with Crippen LogP contribution < -0.4 is 40.0 Å². The van der Waals surface area contributed by atoms with E-state index in [1.165, 1.54) is 0 Å². The molecule has 0 aromatic rings. The minimum atomic E-state index is -1.29. The summed E-state index contributed by atoms with van der Waals surface area (Å²) in [6.45, 7) is 6.21. The van der Waals surface area contributed by atoms with Crippen molar-refractivity contribution in [1.29, 1.82) is 0 Å². The number of aliphatic hydroxyl groups is 3. The Balaban J connectivity index is 0.00000324. The molecule has 0 aliphatic heterocycles. The predicted molar refractivity (Wildman–Crippen MR) is 120 cm³/mol. The van der Waals surface area contributed by atoms with E-state index < -0.39 is 18.6 Å². The maximum absolute atomic E-state index is 12.0. The molecule has 0 spiro atoms. The van der Waals surface area contributed by atoms with Gasteiger partial charge in [0.1, 0.15) is 0 Å². The normalized spacial score (nSPS) is 46.3. The first-order chi connectivity index (χ1) is 15.5. The van der Waals surface area contributed by atoms with Gasteiger partial charge in [0.05, 0.1) is 30.8 Å². The fourth-order valence-corrected chi connectivity index (χ4v) is 8.95. The van der Waals surface area contributed by atoms with Crippen molar-refractivity contribution >= 4 is 11.9 Å². The van der Waals surface area contributed by atoms with Gasteiger partial charge in [-0.2, -0.15) is 0 Å². The number of carbonyl (C=O) groups excluding carboxylic acids is 2. The molecule has 8 heteroatoms. The van der Waals surface area contributed by atoms with Crippen LogP contribution in [0, 0.1) is 46.3 Å². The van der Waals surface area contributed by atoms with Gasteiger partial charge in [-0.1, -0.05) is 20.8 Å². The van der Waals surface area contributed by atoms with E-state index in [0.717, 1.165) is 38.5 Å². The quantitative estimate of drug-likeness (QED) is 0.328. The van der Waals surface area contributed by atoms with Crippen molar-refractivity contribution in [2.45, 2.75) is 96.9 Å². The van der Waals surface area contributed by atoms with E-state index in [-0.39, 0.29) is 94.5 Å². The molecule has 4 saturated carbocycles. The molecule has 0 saturated heterocycles. The number of hydrogen-bond acceptors (Lipinski definition) is 6. The summed E-state index contributed by atoms with van der Waals surface area (Å²) in [5.74, 6) is -0.0789. The summed E-state index contributed by atoms with van der Waals surface area (Å²) < 4.78 is 0. The van der Waals surface area contributed by atoms with Crippen molar-refractivity contribution in [3.05, 3.63) is 0 Å². The second-order valence-corrected chi connectivity index (χ2v) is 12.2. The van der Waals surface area contributed by atoms with Crippen LogP contribution in [0.4, 0.5) is 0 Å². The van der Waals surface area contributed by atoms with Gasteiger partial charge in [-0.25, -0.2) is 0 Å². The van der Waals surface area contributed by atoms with Gasteiger partial charge in [0, 0.05) is 6.42 Å². The van der Waals surface area contributed by atoms with Crippen LogP contribution in [0.3, 0.4) is 0 Å². The molecular formula is C26H42NNaO6. The topological polar surface area (TPSA) is 130 Å². The Morgan fingerprint density at radius 2 is 1.76 bits per heavy atom. The Morgan fingerprint density at radius 1 is 1.06 bits per heavy atom. The first kappa shape index (κ1) is 28.4. The standard InChI is InChI=1S/C26H43NO6.Na/c1-14(4-7-22(31)27-13-23(32)33)17-5-6-18-24-19(12-21(30)26(17,18)3)25(2)9-8-16(28)10-15(25)11-20(24)29;/h14-21,24,28-30H,4-13H2,1-3H3,(H,27,31)(H,32,33);/q;+1/p-1/t14-,15+,16-,17-,18+,19-,20-,21+,24+,25+,26-;/m1./s1. The van der Waals surface area contributed by atoms with E-state index in [0.29, 0.717) is 18.8 Å². The Labute approximate surface area is 225 Å². The Bertz CT molecular complexity index is 766. The molecule has 0 unspecified atom stereocenters. The molecule has 4 rings (SSSR count). The molecule has 188 valence electrons. The van der Waals surface area contributed by atoms with Gasteiger partial charge >= 0.3 is 29.6 Å². The molecule has 0 bridgehead atoms. The summed E-state index contributed by atoms with van der Waals surface area (Å²) in [6, 6.07) is 0. The van der Waals surface area contributed by atoms with Crippen molar-refractivity contribution in [2.75, 3.05) is 6.54 Å². The van der Waals surface area contributed by atoms with Crippen LogP contribution in [-0.4, -0.2) is 52.1 Å². The molecule has 0 radical (unpaired) electrons. The minimum absolute atomic E-state index is 0.